The number of nitrogens with zero attached hydrogens (tertiary/aromatic N) is 1. The zero-order valence-electron chi connectivity index (χ0n) is 13.3. The van der Waals surface area contributed by atoms with E-state index in [1.54, 1.807) is 12.3 Å². The lowest BCUT2D eigenvalue weighted by Gasteiger charge is -2.29. The molecular weight excluding hydrogens is 288 g/mol. The van der Waals surface area contributed by atoms with Gasteiger partial charge in [-0.15, -0.1) is 0 Å². The average Bonchev–Trinajstić information content (AvgIpc) is 3.15. The molecule has 0 amide bonds. The maximum absolute atomic E-state index is 12.4. The van der Waals surface area contributed by atoms with Gasteiger partial charge in [0.25, 0.3) is 0 Å². The maximum Gasteiger partial charge on any atom is 0.242 e. The number of hydrogen-bond acceptors (Lipinski definition) is 3. The number of hydrogen-bond donors (Lipinski definition) is 2. The minimum Gasteiger partial charge on any atom is -0.390 e. The number of aromatic nitrogens is 1. The molecule has 0 aromatic carbocycles. The van der Waals surface area contributed by atoms with E-state index in [9.17, 15) is 13.5 Å². The Hall–Kier alpha value is -0.850. The molecule has 0 atom stereocenters. The first-order valence-corrected chi connectivity index (χ1v) is 8.97. The molecule has 0 bridgehead atoms. The monoisotopic (exact) mass is 314 g/mol. The second-order valence-corrected chi connectivity index (χ2v) is 8.70. The van der Waals surface area contributed by atoms with Crippen LogP contribution in [0.25, 0.3) is 0 Å². The summed E-state index contributed by atoms with van der Waals surface area (Å²) < 4.78 is 29.4. The van der Waals surface area contributed by atoms with Crippen LogP contribution in [-0.4, -0.2) is 24.6 Å². The summed E-state index contributed by atoms with van der Waals surface area (Å²) in [5, 5.41) is 9.37. The van der Waals surface area contributed by atoms with Crippen LogP contribution < -0.4 is 4.72 Å². The fourth-order valence-corrected chi connectivity index (χ4v) is 3.30. The number of nitrogens with one attached hydrogen (secondary N) is 1. The highest BCUT2D eigenvalue weighted by Gasteiger charge is 2.29. The lowest BCUT2D eigenvalue weighted by Crippen LogP contribution is -2.36. The highest BCUT2D eigenvalue weighted by molar-refractivity contribution is 7.89. The molecule has 0 aliphatic heterocycles. The van der Waals surface area contributed by atoms with Crippen molar-refractivity contribution in [3.05, 3.63) is 18.0 Å². The van der Waals surface area contributed by atoms with E-state index in [1.165, 1.54) is 0 Å². The van der Waals surface area contributed by atoms with Gasteiger partial charge >= 0.3 is 0 Å². The molecule has 1 heterocycles. The third kappa shape index (κ3) is 3.67. The minimum absolute atomic E-state index is 0.105. The highest BCUT2D eigenvalue weighted by atomic mass is 32.2. The van der Waals surface area contributed by atoms with Crippen molar-refractivity contribution in [1.29, 1.82) is 0 Å². The topological polar surface area (TPSA) is 71.3 Å². The van der Waals surface area contributed by atoms with E-state index in [-0.39, 0.29) is 16.9 Å². The van der Waals surface area contributed by atoms with Gasteiger partial charge in [0, 0.05) is 24.5 Å². The maximum atomic E-state index is 12.4. The van der Waals surface area contributed by atoms with Gasteiger partial charge in [0.2, 0.25) is 10.0 Å². The van der Waals surface area contributed by atoms with Crippen LogP contribution >= 0.6 is 0 Å². The van der Waals surface area contributed by atoms with Gasteiger partial charge in [-0.25, -0.2) is 13.1 Å². The average molecular weight is 314 g/mol. The summed E-state index contributed by atoms with van der Waals surface area (Å²) in [5.74, 6) is 0.379. The fourth-order valence-electron chi connectivity index (χ4n) is 2.03. The summed E-state index contributed by atoms with van der Waals surface area (Å²) in [4.78, 5) is 0.248. The van der Waals surface area contributed by atoms with Gasteiger partial charge in [-0.2, -0.15) is 0 Å². The van der Waals surface area contributed by atoms with Crippen LogP contribution in [-0.2, 0) is 16.6 Å². The minimum atomic E-state index is -3.53. The molecule has 1 aromatic heterocycles. The van der Waals surface area contributed by atoms with Gasteiger partial charge < -0.3 is 9.67 Å². The van der Waals surface area contributed by atoms with E-state index in [0.717, 1.165) is 12.8 Å². The Kier molecular flexibility index (Phi) is 4.52. The van der Waals surface area contributed by atoms with Crippen LogP contribution in [0.4, 0.5) is 0 Å². The van der Waals surface area contributed by atoms with Crippen molar-refractivity contribution in [3.63, 3.8) is 0 Å². The zero-order chi connectivity index (χ0) is 15.8. The van der Waals surface area contributed by atoms with Gasteiger partial charge in [0.1, 0.15) is 0 Å². The Morgan fingerprint density at radius 1 is 1.43 bits per heavy atom. The first kappa shape index (κ1) is 16.5. The fraction of sp³-hybridized carbons (Fsp3) is 0.733. The van der Waals surface area contributed by atoms with Crippen LogP contribution in [0.1, 0.15) is 52.3 Å². The molecule has 1 aromatic rings. The highest BCUT2D eigenvalue weighted by Crippen LogP contribution is 2.37. The van der Waals surface area contributed by atoms with E-state index in [2.05, 4.69) is 32.4 Å². The number of rotatable bonds is 7. The molecule has 2 rings (SSSR count). The lowest BCUT2D eigenvalue weighted by atomic mass is 9.81. The Bertz CT molecular complexity index is 598. The molecule has 1 aliphatic rings. The van der Waals surface area contributed by atoms with E-state index in [0.29, 0.717) is 24.2 Å². The van der Waals surface area contributed by atoms with Crippen LogP contribution in [0.2, 0.25) is 0 Å². The molecule has 1 saturated carbocycles. The Morgan fingerprint density at radius 2 is 2.05 bits per heavy atom. The van der Waals surface area contributed by atoms with E-state index >= 15 is 0 Å². The quantitative estimate of drug-likeness (QED) is 0.811. The Morgan fingerprint density at radius 3 is 2.52 bits per heavy atom. The molecular formula is C15H26N2O3S. The SMILES string of the molecule is CC(C)C(C)(C)CNS(=O)(=O)c1cc(CO)n(C2CC2)c1. The number of sulfonamides is 1. The third-order valence-corrected chi connectivity index (χ3v) is 5.97. The van der Waals surface area contributed by atoms with Crippen molar-refractivity contribution in [1.82, 2.24) is 9.29 Å². The molecule has 21 heavy (non-hydrogen) atoms. The van der Waals surface area contributed by atoms with Crippen LogP contribution in [0, 0.1) is 11.3 Å². The predicted molar refractivity (Wildman–Crippen MR) is 82.4 cm³/mol. The molecule has 1 aliphatic carbocycles. The number of aliphatic hydroxyl groups is 1. The summed E-state index contributed by atoms with van der Waals surface area (Å²) in [6, 6.07) is 1.92. The Labute approximate surface area is 127 Å². The summed E-state index contributed by atoms with van der Waals surface area (Å²) in [7, 11) is -3.53. The summed E-state index contributed by atoms with van der Waals surface area (Å²) in [6.45, 7) is 8.53. The van der Waals surface area contributed by atoms with Gasteiger partial charge in [-0.3, -0.25) is 0 Å². The van der Waals surface area contributed by atoms with Crippen LogP contribution in [0.15, 0.2) is 17.2 Å². The molecule has 0 spiro atoms. The van der Waals surface area contributed by atoms with E-state index < -0.39 is 10.0 Å². The molecule has 0 saturated heterocycles. The predicted octanol–water partition coefficient (Wildman–Crippen LogP) is 2.28. The molecule has 0 radical (unpaired) electrons. The molecule has 5 nitrogen and oxygen atoms in total. The van der Waals surface area contributed by atoms with Crippen molar-refractivity contribution in [2.24, 2.45) is 11.3 Å². The zero-order valence-corrected chi connectivity index (χ0v) is 14.1. The normalized spacial score (nSPS) is 16.7. The third-order valence-electron chi connectivity index (χ3n) is 4.60. The molecule has 0 unspecified atom stereocenters. The number of aliphatic hydroxyl groups excluding tert-OH is 1. The smallest absolute Gasteiger partial charge is 0.242 e. The van der Waals surface area contributed by atoms with Crippen molar-refractivity contribution in [3.8, 4) is 0 Å². The first-order chi connectivity index (χ1) is 9.67. The second-order valence-electron chi connectivity index (χ2n) is 6.93. The van der Waals surface area contributed by atoms with Gasteiger partial charge in [0.15, 0.2) is 0 Å². The summed E-state index contributed by atoms with van der Waals surface area (Å²) in [6.07, 6.45) is 3.75. The van der Waals surface area contributed by atoms with Crippen molar-refractivity contribution in [2.75, 3.05) is 6.54 Å². The molecule has 6 heteroatoms. The largest absolute Gasteiger partial charge is 0.390 e. The molecule has 120 valence electrons. The summed E-state index contributed by atoms with van der Waals surface area (Å²) in [5.41, 5.74) is 0.562. The second kappa shape index (κ2) is 5.74. The van der Waals surface area contributed by atoms with E-state index in [4.69, 9.17) is 0 Å². The van der Waals surface area contributed by atoms with E-state index in [1.807, 2.05) is 4.57 Å². The van der Waals surface area contributed by atoms with Crippen LogP contribution in [0.5, 0.6) is 0 Å². The van der Waals surface area contributed by atoms with Gasteiger partial charge in [-0.1, -0.05) is 27.7 Å². The van der Waals surface area contributed by atoms with Gasteiger partial charge in [0.05, 0.1) is 11.5 Å². The molecule has 2 N–H and O–H groups in total. The van der Waals surface area contributed by atoms with Crippen molar-refractivity contribution < 1.29 is 13.5 Å². The van der Waals surface area contributed by atoms with Crippen LogP contribution in [0.3, 0.4) is 0 Å². The van der Waals surface area contributed by atoms with Crippen molar-refractivity contribution >= 4 is 10.0 Å². The lowest BCUT2D eigenvalue weighted by molar-refractivity contribution is 0.252. The molecule has 1 fully saturated rings. The first-order valence-electron chi connectivity index (χ1n) is 7.48. The standard InChI is InChI=1S/C15H26N2O3S/c1-11(2)15(3,4)10-16-21(19,20)14-7-13(9-18)17(8-14)12-5-6-12/h7-8,11-12,16,18H,5-6,9-10H2,1-4H3. The van der Waals surface area contributed by atoms with Crippen molar-refractivity contribution in [2.45, 2.75) is 58.1 Å². The Balaban J connectivity index is 2.16. The van der Waals surface area contributed by atoms with Gasteiger partial charge in [-0.05, 0) is 30.2 Å². The summed E-state index contributed by atoms with van der Waals surface area (Å²) >= 11 is 0.